The molecule has 0 unspecified atom stereocenters. The molecule has 0 bridgehead atoms. The molecule has 23 heavy (non-hydrogen) atoms. The van der Waals surface area contributed by atoms with Crippen LogP contribution in [-0.2, 0) is 9.31 Å². The quantitative estimate of drug-likeness (QED) is 0.857. The molecule has 1 aromatic carbocycles. The molecule has 1 aliphatic heterocycles. The van der Waals surface area contributed by atoms with E-state index in [0.29, 0.717) is 13.2 Å². The van der Waals surface area contributed by atoms with Crippen molar-refractivity contribution in [3.8, 4) is 5.75 Å². The molecule has 0 atom stereocenters. The smallest absolute Gasteiger partial charge is 0.407 e. The van der Waals surface area contributed by atoms with E-state index < -0.39 is 25.1 Å². The summed E-state index contributed by atoms with van der Waals surface area (Å²) in [7, 11) is 0.412. The summed E-state index contributed by atoms with van der Waals surface area (Å²) in [6, 6.07) is 3.76. The summed E-state index contributed by atoms with van der Waals surface area (Å²) < 4.78 is 52.9. The van der Waals surface area contributed by atoms with Crippen molar-refractivity contribution >= 4 is 18.5 Å². The molecule has 1 amide bonds. The normalized spacial score (nSPS) is 17.7. The first-order valence-electron chi connectivity index (χ1n) is 6.96. The second-order valence-electron chi connectivity index (χ2n) is 6.00. The Bertz CT molecular complexity index is 582. The van der Waals surface area contributed by atoms with Gasteiger partial charge in [0.2, 0.25) is 0 Å². The van der Waals surface area contributed by atoms with Crippen LogP contribution in [0.4, 0.5) is 13.2 Å². The maximum absolute atomic E-state index is 12.6. The van der Waals surface area contributed by atoms with Crippen LogP contribution in [0.15, 0.2) is 18.2 Å². The number of carbonyl (C=O) groups is 1. The largest absolute Gasteiger partial charge is 0.573 e. The van der Waals surface area contributed by atoms with Gasteiger partial charge < -0.3 is 19.4 Å². The second-order valence-corrected chi connectivity index (χ2v) is 6.00. The number of hydrogen-bond acceptors (Lipinski definition) is 4. The molecule has 126 valence electrons. The molecule has 1 fully saturated rings. The van der Waals surface area contributed by atoms with E-state index in [4.69, 9.17) is 9.31 Å². The third-order valence-corrected chi connectivity index (χ3v) is 3.23. The minimum Gasteiger partial charge on any atom is -0.407 e. The first-order chi connectivity index (χ1) is 10.6. The van der Waals surface area contributed by atoms with Gasteiger partial charge in [-0.2, -0.15) is 0 Å². The van der Waals surface area contributed by atoms with E-state index in [1.54, 1.807) is 0 Å². The third kappa shape index (κ3) is 4.62. The van der Waals surface area contributed by atoms with E-state index in [-0.39, 0.29) is 16.4 Å². The molecule has 1 aromatic rings. The number of halogens is 3. The summed E-state index contributed by atoms with van der Waals surface area (Å²) in [5.41, 5.74) is -0.0824. The molecular formula is C14H17BF3NO4. The van der Waals surface area contributed by atoms with E-state index in [1.165, 1.54) is 19.2 Å². The molecule has 5 nitrogen and oxygen atoms in total. The molecule has 0 spiro atoms. The molecule has 9 heteroatoms. The predicted molar refractivity (Wildman–Crippen MR) is 77.6 cm³/mol. The maximum atomic E-state index is 12.6. The zero-order valence-electron chi connectivity index (χ0n) is 13.0. The Hall–Kier alpha value is -1.74. The summed E-state index contributed by atoms with van der Waals surface area (Å²) in [6.45, 7) is 4.51. The van der Waals surface area contributed by atoms with Gasteiger partial charge in [0.1, 0.15) is 5.75 Å². The molecule has 2 rings (SSSR count). The standard InChI is InChI=1S/C14H17BF3NO4/c1-13(2)7-21-15(22-8-13)10-5-4-9(12(20)19-3)6-11(10)23-14(16,17)18/h4-6H,7-8H2,1-3H3,(H,19,20). The fraction of sp³-hybridized carbons (Fsp3) is 0.500. The van der Waals surface area contributed by atoms with Gasteiger partial charge in [0.15, 0.2) is 0 Å². The number of ether oxygens (including phenoxy) is 1. The highest BCUT2D eigenvalue weighted by Crippen LogP contribution is 2.26. The Labute approximate surface area is 132 Å². The van der Waals surface area contributed by atoms with Crippen molar-refractivity contribution in [3.05, 3.63) is 23.8 Å². The highest BCUT2D eigenvalue weighted by atomic mass is 19.4. The molecule has 0 radical (unpaired) electrons. The monoisotopic (exact) mass is 331 g/mol. The topological polar surface area (TPSA) is 56.8 Å². The first kappa shape index (κ1) is 17.6. The van der Waals surface area contributed by atoms with Crippen LogP contribution in [0.1, 0.15) is 24.2 Å². The van der Waals surface area contributed by atoms with Crippen molar-refractivity contribution in [1.82, 2.24) is 5.32 Å². The van der Waals surface area contributed by atoms with Crippen molar-refractivity contribution in [2.24, 2.45) is 5.41 Å². The second kappa shape index (κ2) is 6.41. The first-order valence-corrected chi connectivity index (χ1v) is 6.96. The van der Waals surface area contributed by atoms with E-state index in [1.807, 2.05) is 13.8 Å². The van der Waals surface area contributed by atoms with Crippen molar-refractivity contribution < 1.29 is 32.0 Å². The Balaban J connectivity index is 2.32. The van der Waals surface area contributed by atoms with E-state index in [9.17, 15) is 18.0 Å². The maximum Gasteiger partial charge on any atom is 0.573 e. The predicted octanol–water partition coefficient (Wildman–Crippen LogP) is 1.71. The molecule has 0 aliphatic carbocycles. The fourth-order valence-electron chi connectivity index (χ4n) is 2.10. The number of rotatable bonds is 3. The average Bonchev–Trinajstić information content (AvgIpc) is 2.45. The van der Waals surface area contributed by atoms with Crippen LogP contribution in [0.25, 0.3) is 0 Å². The van der Waals surface area contributed by atoms with Crippen LogP contribution in [0, 0.1) is 5.41 Å². The van der Waals surface area contributed by atoms with E-state index in [2.05, 4.69) is 10.1 Å². The Kier molecular flexibility index (Phi) is 4.91. The van der Waals surface area contributed by atoms with Crippen molar-refractivity contribution in [2.45, 2.75) is 20.2 Å². The fourth-order valence-corrected chi connectivity index (χ4v) is 2.10. The minimum atomic E-state index is -4.88. The zero-order valence-corrected chi connectivity index (χ0v) is 13.0. The van der Waals surface area contributed by atoms with Crippen LogP contribution >= 0.6 is 0 Å². The Morgan fingerprint density at radius 1 is 1.30 bits per heavy atom. The summed E-state index contributed by atoms with van der Waals surface area (Å²) in [5, 5.41) is 2.34. The molecule has 0 aromatic heterocycles. The number of amides is 1. The Morgan fingerprint density at radius 3 is 2.43 bits per heavy atom. The summed E-state index contributed by atoms with van der Waals surface area (Å²) in [4.78, 5) is 11.6. The number of carbonyl (C=O) groups excluding carboxylic acids is 1. The lowest BCUT2D eigenvalue weighted by Crippen LogP contribution is -2.48. The van der Waals surface area contributed by atoms with Gasteiger partial charge in [0.25, 0.3) is 5.91 Å². The number of benzene rings is 1. The van der Waals surface area contributed by atoms with Crippen LogP contribution in [0.3, 0.4) is 0 Å². The highest BCUT2D eigenvalue weighted by Gasteiger charge is 2.38. The van der Waals surface area contributed by atoms with Gasteiger partial charge >= 0.3 is 13.5 Å². The van der Waals surface area contributed by atoms with Crippen molar-refractivity contribution in [3.63, 3.8) is 0 Å². The lowest BCUT2D eigenvalue weighted by Gasteiger charge is -2.33. The lowest BCUT2D eigenvalue weighted by molar-refractivity contribution is -0.274. The van der Waals surface area contributed by atoms with Crippen LogP contribution in [0.2, 0.25) is 0 Å². The molecule has 1 saturated heterocycles. The number of hydrogen-bond donors (Lipinski definition) is 1. The SMILES string of the molecule is CNC(=O)c1ccc(B2OCC(C)(C)CO2)c(OC(F)(F)F)c1. The lowest BCUT2D eigenvalue weighted by atomic mass is 9.75. The van der Waals surface area contributed by atoms with E-state index >= 15 is 0 Å². The van der Waals surface area contributed by atoms with Gasteiger partial charge in [-0.15, -0.1) is 13.2 Å². The molecular weight excluding hydrogens is 314 g/mol. The van der Waals surface area contributed by atoms with Gasteiger partial charge in [-0.1, -0.05) is 19.9 Å². The molecule has 1 heterocycles. The van der Waals surface area contributed by atoms with Gasteiger partial charge in [-0.25, -0.2) is 0 Å². The summed E-state index contributed by atoms with van der Waals surface area (Å²) >= 11 is 0. The number of alkyl halides is 3. The van der Waals surface area contributed by atoms with Crippen molar-refractivity contribution in [1.29, 1.82) is 0 Å². The highest BCUT2D eigenvalue weighted by molar-refractivity contribution is 6.62. The minimum absolute atomic E-state index is 0.0478. The third-order valence-electron chi connectivity index (χ3n) is 3.23. The molecule has 1 N–H and O–H groups in total. The molecule has 1 aliphatic rings. The van der Waals surface area contributed by atoms with Gasteiger partial charge in [-0.05, 0) is 12.1 Å². The molecule has 0 saturated carbocycles. The van der Waals surface area contributed by atoms with Crippen LogP contribution in [0.5, 0.6) is 5.75 Å². The summed E-state index contributed by atoms with van der Waals surface area (Å²) in [6.07, 6.45) is -4.88. The van der Waals surface area contributed by atoms with Crippen molar-refractivity contribution in [2.75, 3.05) is 20.3 Å². The van der Waals surface area contributed by atoms with Gasteiger partial charge in [-0.3, -0.25) is 4.79 Å². The average molecular weight is 331 g/mol. The van der Waals surface area contributed by atoms with Gasteiger partial charge in [0.05, 0.1) is 0 Å². The Morgan fingerprint density at radius 2 is 1.91 bits per heavy atom. The summed E-state index contributed by atoms with van der Waals surface area (Å²) in [5.74, 6) is -1.03. The van der Waals surface area contributed by atoms with E-state index in [0.717, 1.165) is 6.07 Å². The number of nitrogens with one attached hydrogen (secondary N) is 1. The zero-order chi connectivity index (χ0) is 17.3. The van der Waals surface area contributed by atoms with Crippen LogP contribution in [-0.4, -0.2) is 39.6 Å². The van der Waals surface area contributed by atoms with Gasteiger partial charge in [0, 0.05) is 36.7 Å². The van der Waals surface area contributed by atoms with Crippen LogP contribution < -0.4 is 15.5 Å².